The van der Waals surface area contributed by atoms with E-state index in [0.29, 0.717) is 0 Å². The molecule has 0 fully saturated rings. The molecular formula is C28H40O2. The third kappa shape index (κ3) is 6.79. The van der Waals surface area contributed by atoms with Crippen LogP contribution in [0.5, 0.6) is 11.5 Å². The highest BCUT2D eigenvalue weighted by atomic mass is 16.5. The maximum absolute atomic E-state index is 6.02. The molecule has 1 aliphatic carbocycles. The van der Waals surface area contributed by atoms with Gasteiger partial charge in [-0.25, -0.2) is 0 Å². The standard InChI is InChI=1S/C28H40O2/c1-3-5-7-9-11-19-29-25-15-17-27-23(21-25)13-14-24-22-26(16-18-28(24)27)30-20-12-10-8-6-4-2/h15-18,21-22H,3-14,19-20H2,1-2H3. The summed E-state index contributed by atoms with van der Waals surface area (Å²) in [5.74, 6) is 2.05. The number of benzene rings is 2. The summed E-state index contributed by atoms with van der Waals surface area (Å²) in [5.41, 5.74) is 5.54. The third-order valence-corrected chi connectivity index (χ3v) is 6.14. The van der Waals surface area contributed by atoms with Crippen molar-refractivity contribution >= 4 is 0 Å². The number of hydrogen-bond acceptors (Lipinski definition) is 2. The molecule has 30 heavy (non-hydrogen) atoms. The molecule has 0 aliphatic heterocycles. The van der Waals surface area contributed by atoms with Crippen LogP contribution in [-0.4, -0.2) is 13.2 Å². The van der Waals surface area contributed by atoms with Gasteiger partial charge in [0.25, 0.3) is 0 Å². The summed E-state index contributed by atoms with van der Waals surface area (Å²) in [5, 5.41) is 0. The molecule has 2 heteroatoms. The summed E-state index contributed by atoms with van der Waals surface area (Å²) >= 11 is 0. The SMILES string of the molecule is CCCCCCCOc1ccc2c(c1)CCc1cc(OCCCCCCC)ccc1-2. The number of unbranched alkanes of at least 4 members (excludes halogenated alkanes) is 8. The largest absolute Gasteiger partial charge is 0.494 e. The van der Waals surface area contributed by atoms with Gasteiger partial charge in [-0.3, -0.25) is 0 Å². The molecule has 0 N–H and O–H groups in total. The van der Waals surface area contributed by atoms with E-state index in [0.717, 1.165) is 50.4 Å². The molecule has 2 nitrogen and oxygen atoms in total. The fourth-order valence-corrected chi connectivity index (χ4v) is 4.32. The molecule has 2 aromatic rings. The molecule has 3 rings (SSSR count). The van der Waals surface area contributed by atoms with Crippen LogP contribution in [0, 0.1) is 0 Å². The fraction of sp³-hybridized carbons (Fsp3) is 0.571. The van der Waals surface area contributed by atoms with Crippen molar-refractivity contribution < 1.29 is 9.47 Å². The zero-order valence-corrected chi connectivity index (χ0v) is 19.2. The Morgan fingerprint density at radius 3 is 1.43 bits per heavy atom. The van der Waals surface area contributed by atoms with Crippen molar-refractivity contribution in [1.82, 2.24) is 0 Å². The quantitative estimate of drug-likeness (QED) is 0.294. The van der Waals surface area contributed by atoms with E-state index >= 15 is 0 Å². The van der Waals surface area contributed by atoms with Crippen LogP contribution in [0.1, 0.15) is 89.2 Å². The van der Waals surface area contributed by atoms with Gasteiger partial charge in [0.15, 0.2) is 0 Å². The molecule has 0 radical (unpaired) electrons. The Balaban J connectivity index is 1.52. The topological polar surface area (TPSA) is 18.5 Å². The van der Waals surface area contributed by atoms with Crippen LogP contribution in [0.2, 0.25) is 0 Å². The Labute approximate surface area is 184 Å². The van der Waals surface area contributed by atoms with E-state index in [2.05, 4.69) is 50.2 Å². The Morgan fingerprint density at radius 2 is 1.00 bits per heavy atom. The first kappa shape index (κ1) is 22.7. The molecule has 0 saturated heterocycles. The first-order valence-corrected chi connectivity index (χ1v) is 12.3. The predicted octanol–water partition coefficient (Wildman–Crippen LogP) is 8.15. The molecule has 2 aromatic carbocycles. The third-order valence-electron chi connectivity index (χ3n) is 6.14. The second-order valence-corrected chi connectivity index (χ2v) is 8.66. The number of fused-ring (bicyclic) bond motifs is 3. The summed E-state index contributed by atoms with van der Waals surface area (Å²) in [6, 6.07) is 13.3. The molecule has 164 valence electrons. The molecule has 0 unspecified atom stereocenters. The van der Waals surface area contributed by atoms with E-state index in [4.69, 9.17) is 9.47 Å². The van der Waals surface area contributed by atoms with E-state index in [1.165, 1.54) is 73.6 Å². The van der Waals surface area contributed by atoms with Gasteiger partial charge in [0.05, 0.1) is 13.2 Å². The van der Waals surface area contributed by atoms with E-state index in [1.54, 1.807) is 0 Å². The lowest BCUT2D eigenvalue weighted by Crippen LogP contribution is -2.06. The van der Waals surface area contributed by atoms with Gasteiger partial charge in [-0.05, 0) is 72.2 Å². The van der Waals surface area contributed by atoms with Crippen molar-refractivity contribution in [3.63, 3.8) is 0 Å². The molecule has 0 heterocycles. The average Bonchev–Trinajstić information content (AvgIpc) is 2.78. The van der Waals surface area contributed by atoms with E-state index in [9.17, 15) is 0 Å². The molecule has 0 atom stereocenters. The highest BCUT2D eigenvalue weighted by Crippen LogP contribution is 2.37. The van der Waals surface area contributed by atoms with Crippen LogP contribution in [0.3, 0.4) is 0 Å². The van der Waals surface area contributed by atoms with Gasteiger partial charge < -0.3 is 9.47 Å². The number of aryl methyl sites for hydroxylation is 2. The summed E-state index contributed by atoms with van der Waals surface area (Å²) in [6.07, 6.45) is 14.9. The van der Waals surface area contributed by atoms with Gasteiger partial charge in [-0.1, -0.05) is 77.3 Å². The molecule has 0 bridgehead atoms. The van der Waals surface area contributed by atoms with Gasteiger partial charge in [-0.2, -0.15) is 0 Å². The number of hydrogen-bond donors (Lipinski definition) is 0. The van der Waals surface area contributed by atoms with E-state index in [1.807, 2.05) is 0 Å². The van der Waals surface area contributed by atoms with Crippen molar-refractivity contribution in [2.75, 3.05) is 13.2 Å². The Bertz CT molecular complexity index is 700. The summed E-state index contributed by atoms with van der Waals surface area (Å²) in [4.78, 5) is 0. The minimum Gasteiger partial charge on any atom is -0.494 e. The smallest absolute Gasteiger partial charge is 0.119 e. The maximum atomic E-state index is 6.02. The lowest BCUT2D eigenvalue weighted by Gasteiger charge is -2.21. The lowest BCUT2D eigenvalue weighted by molar-refractivity contribution is 0.304. The monoisotopic (exact) mass is 408 g/mol. The molecule has 1 aliphatic rings. The summed E-state index contributed by atoms with van der Waals surface area (Å²) in [6.45, 7) is 6.17. The van der Waals surface area contributed by atoms with E-state index < -0.39 is 0 Å². The molecule has 0 spiro atoms. The van der Waals surface area contributed by atoms with Crippen molar-refractivity contribution in [3.8, 4) is 22.6 Å². The normalized spacial score (nSPS) is 12.3. The highest BCUT2D eigenvalue weighted by molar-refractivity contribution is 5.74. The average molecular weight is 409 g/mol. The first-order valence-electron chi connectivity index (χ1n) is 12.3. The molecule has 0 aromatic heterocycles. The van der Waals surface area contributed by atoms with Crippen molar-refractivity contribution in [3.05, 3.63) is 47.5 Å². The summed E-state index contributed by atoms with van der Waals surface area (Å²) in [7, 11) is 0. The van der Waals surface area contributed by atoms with Crippen LogP contribution >= 0.6 is 0 Å². The highest BCUT2D eigenvalue weighted by Gasteiger charge is 2.17. The van der Waals surface area contributed by atoms with Gasteiger partial charge in [0.2, 0.25) is 0 Å². The Hall–Kier alpha value is -1.96. The number of rotatable bonds is 14. The van der Waals surface area contributed by atoms with Gasteiger partial charge in [0.1, 0.15) is 11.5 Å². The molecule has 0 amide bonds. The second kappa shape index (κ2) is 12.7. The maximum Gasteiger partial charge on any atom is 0.119 e. The van der Waals surface area contributed by atoms with Crippen LogP contribution in [0.25, 0.3) is 11.1 Å². The number of ether oxygens (including phenoxy) is 2. The van der Waals surface area contributed by atoms with Crippen LogP contribution in [-0.2, 0) is 12.8 Å². The lowest BCUT2D eigenvalue weighted by atomic mass is 9.85. The first-order chi connectivity index (χ1) is 14.8. The Morgan fingerprint density at radius 1 is 0.567 bits per heavy atom. The van der Waals surface area contributed by atoms with Crippen LogP contribution < -0.4 is 9.47 Å². The van der Waals surface area contributed by atoms with Gasteiger partial charge in [0, 0.05) is 0 Å². The van der Waals surface area contributed by atoms with Crippen molar-refractivity contribution in [2.24, 2.45) is 0 Å². The Kier molecular flexibility index (Phi) is 9.60. The van der Waals surface area contributed by atoms with E-state index in [-0.39, 0.29) is 0 Å². The zero-order valence-electron chi connectivity index (χ0n) is 19.2. The minimum atomic E-state index is 0.832. The summed E-state index contributed by atoms with van der Waals surface area (Å²) < 4.78 is 12.0. The van der Waals surface area contributed by atoms with Crippen molar-refractivity contribution in [1.29, 1.82) is 0 Å². The van der Waals surface area contributed by atoms with Gasteiger partial charge in [-0.15, -0.1) is 0 Å². The molecule has 0 saturated carbocycles. The molecular weight excluding hydrogens is 368 g/mol. The van der Waals surface area contributed by atoms with Gasteiger partial charge >= 0.3 is 0 Å². The fourth-order valence-electron chi connectivity index (χ4n) is 4.32. The van der Waals surface area contributed by atoms with Crippen LogP contribution in [0.4, 0.5) is 0 Å². The minimum absolute atomic E-state index is 0.832. The van der Waals surface area contributed by atoms with Crippen LogP contribution in [0.15, 0.2) is 36.4 Å². The van der Waals surface area contributed by atoms with Crippen molar-refractivity contribution in [2.45, 2.75) is 90.9 Å². The second-order valence-electron chi connectivity index (χ2n) is 8.66. The predicted molar refractivity (Wildman–Crippen MR) is 128 cm³/mol. The zero-order chi connectivity index (χ0) is 21.0.